The van der Waals surface area contributed by atoms with Crippen LogP contribution in [0.25, 0.3) is 23.0 Å². The fourth-order valence-corrected chi connectivity index (χ4v) is 2.64. The van der Waals surface area contributed by atoms with Crippen LogP contribution in [0.5, 0.6) is 0 Å². The first-order valence-electron chi connectivity index (χ1n) is 7.42. The maximum absolute atomic E-state index is 5.31. The molecule has 3 heterocycles. The third-order valence-corrected chi connectivity index (χ3v) is 3.83. The molecule has 0 spiro atoms. The molecular formula is C15H16N6O. The van der Waals surface area contributed by atoms with E-state index in [2.05, 4.69) is 25.8 Å². The highest BCUT2D eigenvalue weighted by Gasteiger charge is 2.19. The molecule has 4 rings (SSSR count). The zero-order valence-electron chi connectivity index (χ0n) is 12.0. The van der Waals surface area contributed by atoms with Crippen LogP contribution in [0.1, 0.15) is 18.9 Å². The molecular weight excluding hydrogens is 280 g/mol. The monoisotopic (exact) mass is 296 g/mol. The minimum absolute atomic E-state index is 0.339. The molecule has 0 aliphatic carbocycles. The number of nitrogens with one attached hydrogen (secondary N) is 1. The summed E-state index contributed by atoms with van der Waals surface area (Å²) in [6.07, 6.45) is 4.13. The van der Waals surface area contributed by atoms with Crippen molar-refractivity contribution in [2.45, 2.75) is 18.9 Å². The minimum Gasteiger partial charge on any atom is -0.332 e. The average Bonchev–Trinajstić information content (AvgIpc) is 3.26. The van der Waals surface area contributed by atoms with Gasteiger partial charge in [-0.2, -0.15) is 4.98 Å². The molecule has 3 aromatic rings. The predicted molar refractivity (Wildman–Crippen MR) is 79.9 cm³/mol. The maximum atomic E-state index is 5.31. The number of rotatable bonds is 3. The first-order chi connectivity index (χ1) is 10.9. The summed E-state index contributed by atoms with van der Waals surface area (Å²) in [4.78, 5) is 4.40. The number of hydrogen-bond acceptors (Lipinski definition) is 6. The Hall–Kier alpha value is -2.54. The number of benzene rings is 1. The van der Waals surface area contributed by atoms with Crippen molar-refractivity contribution in [2.75, 3.05) is 13.1 Å². The highest BCUT2D eigenvalue weighted by molar-refractivity contribution is 5.57. The molecule has 1 saturated heterocycles. The molecule has 0 bridgehead atoms. The molecule has 22 heavy (non-hydrogen) atoms. The van der Waals surface area contributed by atoms with Gasteiger partial charge in [-0.3, -0.25) is 0 Å². The summed E-state index contributed by atoms with van der Waals surface area (Å²) in [7, 11) is 0. The lowest BCUT2D eigenvalue weighted by Gasteiger charge is -2.22. The van der Waals surface area contributed by atoms with E-state index < -0.39 is 0 Å². The maximum Gasteiger partial charge on any atom is 0.280 e. The molecule has 1 aliphatic rings. The Labute approximate surface area is 127 Å². The highest BCUT2D eigenvalue weighted by atomic mass is 16.5. The van der Waals surface area contributed by atoms with Crippen molar-refractivity contribution in [3.8, 4) is 23.0 Å². The summed E-state index contributed by atoms with van der Waals surface area (Å²) >= 11 is 0. The minimum atomic E-state index is 0.339. The first-order valence-corrected chi connectivity index (χ1v) is 7.42. The van der Waals surface area contributed by atoms with Gasteiger partial charge in [0.1, 0.15) is 0 Å². The van der Waals surface area contributed by atoms with Crippen molar-refractivity contribution in [2.24, 2.45) is 0 Å². The SMILES string of the molecule is c1ccc(-c2noc(-c3cn(C4CCCNC4)nn3)n2)cc1. The molecule has 1 fully saturated rings. The first kappa shape index (κ1) is 13.1. The molecule has 1 unspecified atom stereocenters. The van der Waals surface area contributed by atoms with Gasteiger partial charge in [-0.05, 0) is 19.4 Å². The zero-order chi connectivity index (χ0) is 14.8. The van der Waals surface area contributed by atoms with Gasteiger partial charge in [-0.25, -0.2) is 4.68 Å². The lowest BCUT2D eigenvalue weighted by atomic mass is 10.1. The van der Waals surface area contributed by atoms with Gasteiger partial charge in [0.15, 0.2) is 5.69 Å². The van der Waals surface area contributed by atoms with Crippen LogP contribution in [0.2, 0.25) is 0 Å². The van der Waals surface area contributed by atoms with Gasteiger partial charge < -0.3 is 9.84 Å². The topological polar surface area (TPSA) is 81.7 Å². The van der Waals surface area contributed by atoms with Crippen LogP contribution >= 0.6 is 0 Å². The van der Waals surface area contributed by atoms with Gasteiger partial charge in [0.25, 0.3) is 5.89 Å². The van der Waals surface area contributed by atoms with Crippen molar-refractivity contribution >= 4 is 0 Å². The fourth-order valence-electron chi connectivity index (χ4n) is 2.64. The Morgan fingerprint density at radius 1 is 1.23 bits per heavy atom. The average molecular weight is 296 g/mol. The highest BCUT2D eigenvalue weighted by Crippen LogP contribution is 2.22. The van der Waals surface area contributed by atoms with Crippen molar-refractivity contribution in [3.05, 3.63) is 36.5 Å². The van der Waals surface area contributed by atoms with E-state index in [0.29, 0.717) is 23.5 Å². The van der Waals surface area contributed by atoms with Gasteiger partial charge in [0, 0.05) is 12.1 Å². The molecule has 7 heteroatoms. The largest absolute Gasteiger partial charge is 0.332 e. The molecule has 1 N–H and O–H groups in total. The van der Waals surface area contributed by atoms with Crippen molar-refractivity contribution in [3.63, 3.8) is 0 Å². The quantitative estimate of drug-likeness (QED) is 0.795. The number of nitrogens with zero attached hydrogens (tertiary/aromatic N) is 5. The predicted octanol–water partition coefficient (Wildman–Crippen LogP) is 1.92. The molecule has 1 aliphatic heterocycles. The van der Waals surface area contributed by atoms with Gasteiger partial charge in [0.2, 0.25) is 5.82 Å². The normalized spacial score (nSPS) is 18.5. The van der Waals surface area contributed by atoms with Crippen LogP contribution in [0.15, 0.2) is 41.1 Å². The number of hydrogen-bond donors (Lipinski definition) is 1. The van der Waals surface area contributed by atoms with E-state index in [1.165, 1.54) is 0 Å². The molecule has 1 aromatic carbocycles. The second-order valence-corrected chi connectivity index (χ2v) is 5.37. The Morgan fingerprint density at radius 2 is 2.14 bits per heavy atom. The molecule has 0 radical (unpaired) electrons. The van der Waals surface area contributed by atoms with Crippen LogP contribution in [-0.2, 0) is 0 Å². The summed E-state index contributed by atoms with van der Waals surface area (Å²) in [5.41, 5.74) is 1.53. The number of piperidine rings is 1. The van der Waals surface area contributed by atoms with E-state index in [-0.39, 0.29) is 0 Å². The van der Waals surface area contributed by atoms with Crippen LogP contribution in [0.3, 0.4) is 0 Å². The van der Waals surface area contributed by atoms with Gasteiger partial charge in [0.05, 0.1) is 12.2 Å². The third kappa shape index (κ3) is 2.50. The smallest absolute Gasteiger partial charge is 0.280 e. The van der Waals surface area contributed by atoms with E-state index in [0.717, 1.165) is 31.5 Å². The van der Waals surface area contributed by atoms with Crippen LogP contribution < -0.4 is 5.32 Å². The Kier molecular flexibility index (Phi) is 3.40. The molecule has 1 atom stereocenters. The van der Waals surface area contributed by atoms with Crippen molar-refractivity contribution in [1.82, 2.24) is 30.5 Å². The van der Waals surface area contributed by atoms with Crippen LogP contribution in [0, 0.1) is 0 Å². The van der Waals surface area contributed by atoms with Gasteiger partial charge in [-0.1, -0.05) is 40.7 Å². The standard InChI is InChI=1S/C15H16N6O/c1-2-5-11(6-3-1)14-17-15(22-19-14)13-10-21(20-18-13)12-7-4-8-16-9-12/h1-3,5-6,10,12,16H,4,7-9H2. The molecule has 112 valence electrons. The summed E-state index contributed by atoms with van der Waals surface area (Å²) in [5, 5.41) is 15.7. The lowest BCUT2D eigenvalue weighted by molar-refractivity contribution is 0.341. The van der Waals surface area contributed by atoms with E-state index in [9.17, 15) is 0 Å². The van der Waals surface area contributed by atoms with Crippen LogP contribution in [-0.4, -0.2) is 38.2 Å². The fraction of sp³-hybridized carbons (Fsp3) is 0.333. The van der Waals surface area contributed by atoms with E-state index in [1.54, 1.807) is 0 Å². The molecule has 2 aromatic heterocycles. The Balaban J connectivity index is 1.58. The summed E-state index contributed by atoms with van der Waals surface area (Å²) in [6, 6.07) is 10.1. The molecule has 7 nitrogen and oxygen atoms in total. The second-order valence-electron chi connectivity index (χ2n) is 5.37. The Morgan fingerprint density at radius 3 is 2.95 bits per heavy atom. The Bertz CT molecular complexity index is 744. The third-order valence-electron chi connectivity index (χ3n) is 3.83. The summed E-state index contributed by atoms with van der Waals surface area (Å²) in [5.74, 6) is 0.957. The lowest BCUT2D eigenvalue weighted by Crippen LogP contribution is -2.31. The van der Waals surface area contributed by atoms with Crippen molar-refractivity contribution in [1.29, 1.82) is 0 Å². The second kappa shape index (κ2) is 5.69. The molecule has 0 amide bonds. The van der Waals surface area contributed by atoms with Crippen LogP contribution in [0.4, 0.5) is 0 Å². The summed E-state index contributed by atoms with van der Waals surface area (Å²) < 4.78 is 7.20. The molecule has 0 saturated carbocycles. The van der Waals surface area contributed by atoms with Gasteiger partial charge >= 0.3 is 0 Å². The zero-order valence-corrected chi connectivity index (χ0v) is 12.0. The summed E-state index contributed by atoms with van der Waals surface area (Å²) in [6.45, 7) is 1.99. The number of aromatic nitrogens is 5. The van der Waals surface area contributed by atoms with E-state index in [1.807, 2.05) is 41.2 Å². The van der Waals surface area contributed by atoms with Crippen molar-refractivity contribution < 1.29 is 4.52 Å². The van der Waals surface area contributed by atoms with Gasteiger partial charge in [-0.15, -0.1) is 5.10 Å². The van der Waals surface area contributed by atoms with E-state index >= 15 is 0 Å². The van der Waals surface area contributed by atoms with E-state index in [4.69, 9.17) is 4.52 Å².